The summed E-state index contributed by atoms with van der Waals surface area (Å²) in [5.41, 5.74) is 1.28. The fraction of sp³-hybridized carbons (Fsp3) is 0.471. The lowest BCUT2D eigenvalue weighted by Crippen LogP contribution is -2.39. The number of carbonyl (C=O) groups is 2. The molecule has 0 atom stereocenters. The molecule has 3 heterocycles. The maximum absolute atomic E-state index is 12.5. The van der Waals surface area contributed by atoms with Crippen molar-refractivity contribution >= 4 is 11.8 Å². The van der Waals surface area contributed by atoms with Gasteiger partial charge in [-0.15, -0.1) is 0 Å². The van der Waals surface area contributed by atoms with Crippen LogP contribution in [-0.4, -0.2) is 49.0 Å². The van der Waals surface area contributed by atoms with E-state index in [4.69, 9.17) is 0 Å². The lowest BCUT2D eigenvalue weighted by atomic mass is 10.2. The van der Waals surface area contributed by atoms with Gasteiger partial charge in [0.25, 0.3) is 11.8 Å². The van der Waals surface area contributed by atoms with Gasteiger partial charge in [-0.2, -0.15) is 5.10 Å². The molecule has 8 nitrogen and oxygen atoms in total. The van der Waals surface area contributed by atoms with Gasteiger partial charge in [0, 0.05) is 25.0 Å². The van der Waals surface area contributed by atoms with Gasteiger partial charge in [0.1, 0.15) is 0 Å². The SMILES string of the molecule is O=C(NC1CCCC1)c1cc2n(n1)CCN(C(=O)c1ncccn1)C2. The minimum absolute atomic E-state index is 0.127. The third-order valence-electron chi connectivity index (χ3n) is 4.77. The average molecular weight is 340 g/mol. The van der Waals surface area contributed by atoms with E-state index >= 15 is 0 Å². The first-order valence-corrected chi connectivity index (χ1v) is 8.64. The molecule has 0 bridgehead atoms. The molecule has 1 aliphatic heterocycles. The summed E-state index contributed by atoms with van der Waals surface area (Å²) in [6.45, 7) is 1.49. The molecule has 1 N–H and O–H groups in total. The van der Waals surface area contributed by atoms with Crippen LogP contribution < -0.4 is 5.32 Å². The van der Waals surface area contributed by atoms with Crippen molar-refractivity contribution in [2.75, 3.05) is 6.54 Å². The molecule has 25 heavy (non-hydrogen) atoms. The summed E-state index contributed by atoms with van der Waals surface area (Å²) in [4.78, 5) is 34.5. The summed E-state index contributed by atoms with van der Waals surface area (Å²) in [5.74, 6) is -0.141. The molecule has 8 heteroatoms. The van der Waals surface area contributed by atoms with Crippen molar-refractivity contribution < 1.29 is 9.59 Å². The normalized spacial score (nSPS) is 17.4. The summed E-state index contributed by atoms with van der Waals surface area (Å²) >= 11 is 0. The molecule has 2 aliphatic rings. The van der Waals surface area contributed by atoms with Gasteiger partial charge in [-0.25, -0.2) is 9.97 Å². The second kappa shape index (κ2) is 6.62. The Bertz CT molecular complexity index is 782. The molecule has 0 spiro atoms. The van der Waals surface area contributed by atoms with Crippen molar-refractivity contribution in [2.24, 2.45) is 0 Å². The van der Waals surface area contributed by atoms with Crippen LogP contribution in [0.15, 0.2) is 24.5 Å². The highest BCUT2D eigenvalue weighted by molar-refractivity contribution is 5.93. The fourth-order valence-electron chi connectivity index (χ4n) is 3.43. The number of rotatable bonds is 3. The zero-order chi connectivity index (χ0) is 17.2. The Labute approximate surface area is 145 Å². The van der Waals surface area contributed by atoms with Crippen LogP contribution in [0, 0.1) is 0 Å². The van der Waals surface area contributed by atoms with Crippen molar-refractivity contribution in [3.8, 4) is 0 Å². The van der Waals surface area contributed by atoms with Crippen molar-refractivity contribution in [2.45, 2.75) is 44.8 Å². The zero-order valence-corrected chi connectivity index (χ0v) is 13.9. The minimum Gasteiger partial charge on any atom is -0.348 e. The molecular formula is C17H20N6O2. The summed E-state index contributed by atoms with van der Waals surface area (Å²) in [5, 5.41) is 7.44. The predicted octanol–water partition coefficient (Wildman–Crippen LogP) is 1.00. The Morgan fingerprint density at radius 1 is 1.12 bits per heavy atom. The maximum Gasteiger partial charge on any atom is 0.292 e. The average Bonchev–Trinajstić information content (AvgIpc) is 3.30. The van der Waals surface area contributed by atoms with Crippen molar-refractivity contribution in [3.05, 3.63) is 41.7 Å². The number of nitrogens with one attached hydrogen (secondary N) is 1. The van der Waals surface area contributed by atoms with Gasteiger partial charge < -0.3 is 10.2 Å². The third-order valence-corrected chi connectivity index (χ3v) is 4.77. The van der Waals surface area contributed by atoms with Crippen LogP contribution in [0.5, 0.6) is 0 Å². The summed E-state index contributed by atoms with van der Waals surface area (Å²) in [6.07, 6.45) is 7.53. The van der Waals surface area contributed by atoms with Gasteiger partial charge in [0.2, 0.25) is 5.82 Å². The van der Waals surface area contributed by atoms with Crippen LogP contribution in [0.1, 0.15) is 52.5 Å². The van der Waals surface area contributed by atoms with Crippen molar-refractivity contribution in [1.29, 1.82) is 0 Å². The quantitative estimate of drug-likeness (QED) is 0.900. The van der Waals surface area contributed by atoms with E-state index in [1.807, 2.05) is 0 Å². The molecular weight excluding hydrogens is 320 g/mol. The Kier molecular flexibility index (Phi) is 4.17. The molecule has 4 rings (SSSR count). The zero-order valence-electron chi connectivity index (χ0n) is 13.9. The highest BCUT2D eigenvalue weighted by Gasteiger charge is 2.26. The molecule has 1 saturated carbocycles. The molecule has 0 unspecified atom stereocenters. The number of hydrogen-bond acceptors (Lipinski definition) is 5. The topological polar surface area (TPSA) is 93.0 Å². The van der Waals surface area contributed by atoms with Gasteiger partial charge in [0.05, 0.1) is 18.8 Å². The van der Waals surface area contributed by atoms with E-state index in [1.165, 1.54) is 12.8 Å². The highest BCUT2D eigenvalue weighted by atomic mass is 16.2. The number of nitrogens with zero attached hydrogens (tertiary/aromatic N) is 5. The summed E-state index contributed by atoms with van der Waals surface area (Å²) in [6, 6.07) is 3.71. The summed E-state index contributed by atoms with van der Waals surface area (Å²) < 4.78 is 1.80. The molecule has 2 aromatic rings. The summed E-state index contributed by atoms with van der Waals surface area (Å²) in [7, 11) is 0. The largest absolute Gasteiger partial charge is 0.348 e. The number of amides is 2. The number of hydrogen-bond donors (Lipinski definition) is 1. The Morgan fingerprint density at radius 2 is 1.88 bits per heavy atom. The molecule has 1 fully saturated rings. The molecule has 0 saturated heterocycles. The number of fused-ring (bicyclic) bond motifs is 1. The molecule has 130 valence electrons. The molecule has 2 aromatic heterocycles. The Hall–Kier alpha value is -2.77. The van der Waals surface area contributed by atoms with Gasteiger partial charge >= 0.3 is 0 Å². The van der Waals surface area contributed by atoms with E-state index in [0.717, 1.165) is 18.5 Å². The standard InChI is InChI=1S/C17H20N6O2/c24-16(20-12-4-1-2-5-12)14-10-13-11-22(8-9-23(13)21-14)17(25)15-18-6-3-7-19-15/h3,6-7,10,12H,1-2,4-5,8-9,11H2,(H,20,24). The first-order chi connectivity index (χ1) is 12.2. The smallest absolute Gasteiger partial charge is 0.292 e. The van der Waals surface area contributed by atoms with E-state index < -0.39 is 0 Å². The molecule has 2 amide bonds. The molecule has 0 radical (unpaired) electrons. The van der Waals surface area contributed by atoms with Gasteiger partial charge in [0.15, 0.2) is 5.69 Å². The van der Waals surface area contributed by atoms with Crippen LogP contribution >= 0.6 is 0 Å². The van der Waals surface area contributed by atoms with Gasteiger partial charge in [-0.3, -0.25) is 14.3 Å². The van der Waals surface area contributed by atoms with Crippen molar-refractivity contribution in [3.63, 3.8) is 0 Å². The number of carbonyl (C=O) groups excluding carboxylic acids is 2. The van der Waals surface area contributed by atoms with E-state index in [-0.39, 0.29) is 23.7 Å². The van der Waals surface area contributed by atoms with Gasteiger partial charge in [-0.05, 0) is 25.0 Å². The predicted molar refractivity (Wildman–Crippen MR) is 88.7 cm³/mol. The monoisotopic (exact) mass is 340 g/mol. The van der Waals surface area contributed by atoms with E-state index in [9.17, 15) is 9.59 Å². The fourth-order valence-corrected chi connectivity index (χ4v) is 3.43. The highest BCUT2D eigenvalue weighted by Crippen LogP contribution is 2.19. The second-order valence-corrected chi connectivity index (χ2v) is 6.50. The second-order valence-electron chi connectivity index (χ2n) is 6.50. The molecule has 1 aliphatic carbocycles. The Morgan fingerprint density at radius 3 is 2.64 bits per heavy atom. The first-order valence-electron chi connectivity index (χ1n) is 8.64. The first kappa shape index (κ1) is 15.7. The lowest BCUT2D eigenvalue weighted by Gasteiger charge is -2.26. The Balaban J connectivity index is 1.45. The van der Waals surface area contributed by atoms with Crippen LogP contribution in [0.4, 0.5) is 0 Å². The lowest BCUT2D eigenvalue weighted by molar-refractivity contribution is 0.0692. The van der Waals surface area contributed by atoms with Gasteiger partial charge in [-0.1, -0.05) is 12.8 Å². The van der Waals surface area contributed by atoms with Crippen LogP contribution in [0.3, 0.4) is 0 Å². The van der Waals surface area contributed by atoms with Crippen molar-refractivity contribution in [1.82, 2.24) is 30.0 Å². The number of aromatic nitrogens is 4. The maximum atomic E-state index is 12.5. The van der Waals surface area contributed by atoms with E-state index in [0.29, 0.717) is 25.3 Å². The van der Waals surface area contributed by atoms with E-state index in [2.05, 4.69) is 20.4 Å². The minimum atomic E-state index is -0.204. The van der Waals surface area contributed by atoms with Crippen LogP contribution in [0.2, 0.25) is 0 Å². The molecule has 0 aromatic carbocycles. The van der Waals surface area contributed by atoms with Crippen LogP contribution in [0.25, 0.3) is 0 Å². The third kappa shape index (κ3) is 3.24. The van der Waals surface area contributed by atoms with E-state index in [1.54, 1.807) is 34.1 Å². The van der Waals surface area contributed by atoms with Crippen LogP contribution in [-0.2, 0) is 13.1 Å².